The maximum Gasteiger partial charge on any atom is 0.313 e. The molecule has 1 fully saturated rings. The van der Waals surface area contributed by atoms with E-state index in [0.29, 0.717) is 25.6 Å². The lowest BCUT2D eigenvalue weighted by Gasteiger charge is -2.32. The second-order valence-electron chi connectivity index (χ2n) is 4.65. The molecule has 19 heavy (non-hydrogen) atoms. The van der Waals surface area contributed by atoms with Gasteiger partial charge in [-0.15, -0.1) is 11.8 Å². The van der Waals surface area contributed by atoms with Gasteiger partial charge in [-0.25, -0.2) is 0 Å². The predicted molar refractivity (Wildman–Crippen MR) is 72.9 cm³/mol. The van der Waals surface area contributed by atoms with Crippen LogP contribution in [0.15, 0.2) is 0 Å². The number of piperidine rings is 1. The van der Waals surface area contributed by atoms with Gasteiger partial charge in [-0.05, 0) is 18.8 Å². The molecule has 1 aliphatic rings. The van der Waals surface area contributed by atoms with Gasteiger partial charge in [0.1, 0.15) is 0 Å². The molecule has 0 bridgehead atoms. The lowest BCUT2D eigenvalue weighted by molar-refractivity contribution is -0.134. The number of nitrogens with zero attached hydrogens (tertiary/aromatic N) is 1. The molecule has 0 atom stereocenters. The van der Waals surface area contributed by atoms with Crippen LogP contribution in [0.1, 0.15) is 19.8 Å². The molecular formula is C12H20N2O4S. The first-order valence-electron chi connectivity index (χ1n) is 6.30. The summed E-state index contributed by atoms with van der Waals surface area (Å²) in [5, 5.41) is 11.3. The van der Waals surface area contributed by atoms with Crippen LogP contribution in [-0.4, -0.2) is 58.9 Å². The van der Waals surface area contributed by atoms with Gasteiger partial charge in [-0.1, -0.05) is 0 Å². The maximum atomic E-state index is 11.8. The molecule has 0 aromatic rings. The van der Waals surface area contributed by atoms with E-state index in [-0.39, 0.29) is 23.3 Å². The Morgan fingerprint density at radius 3 is 2.42 bits per heavy atom. The second-order valence-corrected chi connectivity index (χ2v) is 5.63. The summed E-state index contributed by atoms with van der Waals surface area (Å²) in [6, 6.07) is 0. The molecule has 0 aromatic heterocycles. The summed E-state index contributed by atoms with van der Waals surface area (Å²) < 4.78 is 0. The van der Waals surface area contributed by atoms with Gasteiger partial charge < -0.3 is 15.3 Å². The molecule has 7 heteroatoms. The van der Waals surface area contributed by atoms with Crippen molar-refractivity contribution in [1.29, 1.82) is 0 Å². The van der Waals surface area contributed by atoms with Crippen molar-refractivity contribution in [2.75, 3.05) is 31.1 Å². The summed E-state index contributed by atoms with van der Waals surface area (Å²) in [4.78, 5) is 34.7. The zero-order valence-corrected chi connectivity index (χ0v) is 11.9. The van der Waals surface area contributed by atoms with Gasteiger partial charge in [0.15, 0.2) is 0 Å². The minimum absolute atomic E-state index is 0.00391. The molecule has 2 N–H and O–H groups in total. The number of carboxylic acids is 1. The number of carbonyl (C=O) groups is 3. The largest absolute Gasteiger partial charge is 0.481 e. The van der Waals surface area contributed by atoms with Crippen LogP contribution in [0.4, 0.5) is 0 Å². The minimum Gasteiger partial charge on any atom is -0.481 e. The van der Waals surface area contributed by atoms with E-state index >= 15 is 0 Å². The van der Waals surface area contributed by atoms with Crippen LogP contribution in [0.2, 0.25) is 0 Å². The smallest absolute Gasteiger partial charge is 0.313 e. The summed E-state index contributed by atoms with van der Waals surface area (Å²) in [5.74, 6) is -0.299. The Morgan fingerprint density at radius 1 is 1.26 bits per heavy atom. The highest BCUT2D eigenvalue weighted by Crippen LogP contribution is 2.17. The summed E-state index contributed by atoms with van der Waals surface area (Å²) in [6.07, 6.45) is 1.77. The van der Waals surface area contributed by atoms with Crippen LogP contribution >= 0.6 is 11.8 Å². The van der Waals surface area contributed by atoms with E-state index in [1.54, 1.807) is 4.90 Å². The topological polar surface area (TPSA) is 86.7 Å². The normalized spacial score (nSPS) is 16.2. The molecule has 108 valence electrons. The van der Waals surface area contributed by atoms with Crippen LogP contribution in [0.3, 0.4) is 0 Å². The van der Waals surface area contributed by atoms with Crippen molar-refractivity contribution in [2.45, 2.75) is 19.8 Å². The molecule has 0 aromatic carbocycles. The summed E-state index contributed by atoms with van der Waals surface area (Å²) >= 11 is 1.13. The fraction of sp³-hybridized carbons (Fsp3) is 0.750. The fourth-order valence-corrected chi connectivity index (χ4v) is 2.63. The number of carbonyl (C=O) groups excluding carboxylic acids is 2. The van der Waals surface area contributed by atoms with Crippen molar-refractivity contribution in [1.82, 2.24) is 10.2 Å². The third-order valence-corrected chi connectivity index (χ3v) is 3.96. The van der Waals surface area contributed by atoms with Gasteiger partial charge in [0.2, 0.25) is 11.8 Å². The van der Waals surface area contributed by atoms with E-state index in [1.807, 2.05) is 0 Å². The predicted octanol–water partition coefficient (Wildman–Crippen LogP) is 0.179. The molecule has 1 saturated heterocycles. The Hall–Kier alpha value is -1.24. The lowest BCUT2D eigenvalue weighted by atomic mass is 9.97. The highest BCUT2D eigenvalue weighted by atomic mass is 32.2. The molecule has 1 aliphatic heterocycles. The second kappa shape index (κ2) is 8.04. The van der Waals surface area contributed by atoms with Crippen molar-refractivity contribution in [3.63, 3.8) is 0 Å². The van der Waals surface area contributed by atoms with Gasteiger partial charge in [0.05, 0.1) is 11.5 Å². The third kappa shape index (κ3) is 6.47. The van der Waals surface area contributed by atoms with Crippen LogP contribution in [0, 0.1) is 5.92 Å². The van der Waals surface area contributed by atoms with Gasteiger partial charge >= 0.3 is 5.97 Å². The van der Waals surface area contributed by atoms with Crippen LogP contribution < -0.4 is 5.32 Å². The Bertz CT molecular complexity index is 341. The number of amides is 2. The van der Waals surface area contributed by atoms with Crippen LogP contribution in [0.5, 0.6) is 0 Å². The van der Waals surface area contributed by atoms with E-state index in [9.17, 15) is 14.4 Å². The molecule has 0 saturated carbocycles. The molecule has 0 aliphatic carbocycles. The number of likely N-dealkylation sites (tertiary alicyclic amines) is 1. The minimum atomic E-state index is -0.896. The van der Waals surface area contributed by atoms with Crippen molar-refractivity contribution in [2.24, 2.45) is 5.92 Å². The molecular weight excluding hydrogens is 268 g/mol. The van der Waals surface area contributed by atoms with Crippen LogP contribution in [-0.2, 0) is 14.4 Å². The van der Waals surface area contributed by atoms with Crippen molar-refractivity contribution in [3.8, 4) is 0 Å². The van der Waals surface area contributed by atoms with Crippen molar-refractivity contribution >= 4 is 29.5 Å². The van der Waals surface area contributed by atoms with E-state index in [2.05, 4.69) is 5.32 Å². The molecule has 0 spiro atoms. The van der Waals surface area contributed by atoms with Gasteiger partial charge in [-0.2, -0.15) is 0 Å². The number of nitrogens with one attached hydrogen (secondary N) is 1. The van der Waals surface area contributed by atoms with Gasteiger partial charge in [-0.3, -0.25) is 14.4 Å². The first-order valence-corrected chi connectivity index (χ1v) is 7.46. The summed E-state index contributed by atoms with van der Waals surface area (Å²) in [7, 11) is 0. The van der Waals surface area contributed by atoms with E-state index < -0.39 is 5.97 Å². The summed E-state index contributed by atoms with van der Waals surface area (Å²) in [6.45, 7) is 3.55. The highest BCUT2D eigenvalue weighted by molar-refractivity contribution is 8.00. The number of hydrogen-bond donors (Lipinski definition) is 2. The number of aliphatic carboxylic acids is 1. The molecule has 2 amide bonds. The standard InChI is InChI=1S/C12H20N2O4S/c1-9(15)13-6-10-2-4-14(5-3-10)11(16)7-19-8-12(17)18/h10H,2-8H2,1H3,(H,13,15)(H,17,18). The first kappa shape index (κ1) is 15.8. The molecule has 6 nitrogen and oxygen atoms in total. The number of rotatable bonds is 6. The molecule has 0 radical (unpaired) electrons. The number of thioether (sulfide) groups is 1. The summed E-state index contributed by atoms with van der Waals surface area (Å²) in [5.41, 5.74) is 0. The van der Waals surface area contributed by atoms with Crippen LogP contribution in [0.25, 0.3) is 0 Å². The van der Waals surface area contributed by atoms with Crippen molar-refractivity contribution < 1.29 is 19.5 Å². The Balaban J connectivity index is 2.19. The molecule has 0 unspecified atom stereocenters. The Morgan fingerprint density at radius 2 is 1.89 bits per heavy atom. The third-order valence-electron chi connectivity index (χ3n) is 3.06. The van der Waals surface area contributed by atoms with Gasteiger partial charge in [0, 0.05) is 26.6 Å². The molecule has 1 rings (SSSR count). The monoisotopic (exact) mass is 288 g/mol. The number of carboxylic acid groups (broad SMARTS) is 1. The van der Waals surface area contributed by atoms with E-state index in [0.717, 1.165) is 24.6 Å². The molecule has 1 heterocycles. The Labute approximate surface area is 116 Å². The zero-order valence-electron chi connectivity index (χ0n) is 11.1. The van der Waals surface area contributed by atoms with E-state index in [4.69, 9.17) is 5.11 Å². The zero-order chi connectivity index (χ0) is 14.3. The fourth-order valence-electron chi connectivity index (χ4n) is 1.99. The maximum absolute atomic E-state index is 11.8. The number of hydrogen-bond acceptors (Lipinski definition) is 4. The first-order chi connectivity index (χ1) is 8.99. The van der Waals surface area contributed by atoms with Crippen molar-refractivity contribution in [3.05, 3.63) is 0 Å². The van der Waals surface area contributed by atoms with Gasteiger partial charge in [0.25, 0.3) is 0 Å². The van der Waals surface area contributed by atoms with E-state index in [1.165, 1.54) is 6.92 Å². The highest BCUT2D eigenvalue weighted by Gasteiger charge is 2.22. The average Bonchev–Trinajstić information content (AvgIpc) is 2.36. The SMILES string of the molecule is CC(=O)NCC1CCN(C(=O)CSCC(=O)O)CC1. The lowest BCUT2D eigenvalue weighted by Crippen LogP contribution is -2.42. The average molecular weight is 288 g/mol. The Kier molecular flexibility index (Phi) is 6.69. The quantitative estimate of drug-likeness (QED) is 0.728.